The molecule has 0 atom stereocenters. The Morgan fingerprint density at radius 2 is 1.69 bits per heavy atom. The van der Waals surface area contributed by atoms with E-state index in [2.05, 4.69) is 61.6 Å². The molecule has 0 aliphatic carbocycles. The van der Waals surface area contributed by atoms with Crippen LogP contribution in [0.25, 0.3) is 16.7 Å². The van der Waals surface area contributed by atoms with Gasteiger partial charge in [0.25, 0.3) is 0 Å². The van der Waals surface area contributed by atoms with E-state index in [0.717, 1.165) is 43.0 Å². The monoisotopic (exact) mass is 393 g/mol. The summed E-state index contributed by atoms with van der Waals surface area (Å²) in [6, 6.07) is 6.38. The molecule has 3 heterocycles. The van der Waals surface area contributed by atoms with Gasteiger partial charge in [0.15, 0.2) is 0 Å². The van der Waals surface area contributed by atoms with Gasteiger partial charge in [-0.05, 0) is 81.3 Å². The summed E-state index contributed by atoms with van der Waals surface area (Å²) in [5, 5.41) is 10.7. The summed E-state index contributed by atoms with van der Waals surface area (Å²) in [5.41, 5.74) is 8.06. The number of methoxy groups -OCH3 is 1. The Morgan fingerprint density at radius 3 is 2.28 bits per heavy atom. The van der Waals surface area contributed by atoms with Crippen molar-refractivity contribution in [2.24, 2.45) is 5.92 Å². The number of ether oxygens (including phenoxy) is 1. The van der Waals surface area contributed by atoms with E-state index in [4.69, 9.17) is 9.72 Å². The van der Waals surface area contributed by atoms with Crippen LogP contribution in [0.1, 0.15) is 35.2 Å². The highest BCUT2D eigenvalue weighted by atomic mass is 16.5. The number of fused-ring (bicyclic) bond motifs is 1. The van der Waals surface area contributed by atoms with Gasteiger partial charge in [-0.3, -0.25) is 0 Å². The molecule has 1 aliphatic rings. The van der Waals surface area contributed by atoms with Crippen molar-refractivity contribution in [3.8, 4) is 11.4 Å². The summed E-state index contributed by atoms with van der Waals surface area (Å²) in [5.74, 6) is 1.31. The van der Waals surface area contributed by atoms with Crippen molar-refractivity contribution in [3.05, 3.63) is 46.8 Å². The second-order valence-corrected chi connectivity index (χ2v) is 8.39. The predicted octanol–water partition coefficient (Wildman–Crippen LogP) is 4.48. The van der Waals surface area contributed by atoms with E-state index in [1.165, 1.54) is 33.5 Å². The number of piperidine rings is 1. The predicted molar refractivity (Wildman–Crippen MR) is 119 cm³/mol. The van der Waals surface area contributed by atoms with Crippen LogP contribution in [0.3, 0.4) is 0 Å². The zero-order valence-corrected chi connectivity index (χ0v) is 18.1. The first-order valence-corrected chi connectivity index (χ1v) is 10.4. The van der Waals surface area contributed by atoms with Crippen LogP contribution in [-0.4, -0.2) is 41.5 Å². The van der Waals surface area contributed by atoms with Crippen LogP contribution in [0, 0.1) is 33.6 Å². The Bertz CT molecular complexity index is 1020. The fraction of sp³-hybridized carbons (Fsp3) is 0.458. The molecule has 29 heavy (non-hydrogen) atoms. The maximum Gasteiger partial charge on any atom is 0.147 e. The standard InChI is InChI=1S/C24H31N3O2/c1-15-10-20(29-5)11-16(2)23(15)27-13-17(3)22-21(12-18(4)25-24(22)27)26-8-6-19(14-28)7-9-26/h10-13,19,28H,6-9,14H2,1-5H3. The van der Waals surface area contributed by atoms with E-state index in [-0.39, 0.29) is 0 Å². The van der Waals surface area contributed by atoms with Crippen molar-refractivity contribution < 1.29 is 9.84 Å². The highest BCUT2D eigenvalue weighted by molar-refractivity contribution is 5.95. The summed E-state index contributed by atoms with van der Waals surface area (Å²) >= 11 is 0. The highest BCUT2D eigenvalue weighted by Crippen LogP contribution is 2.36. The van der Waals surface area contributed by atoms with Crippen molar-refractivity contribution in [2.45, 2.75) is 40.5 Å². The van der Waals surface area contributed by atoms with Crippen LogP contribution in [0.5, 0.6) is 5.75 Å². The fourth-order valence-corrected chi connectivity index (χ4v) is 4.70. The van der Waals surface area contributed by atoms with Crippen LogP contribution in [-0.2, 0) is 0 Å². The average Bonchev–Trinajstić information content (AvgIpc) is 3.02. The number of aliphatic hydroxyl groups excluding tert-OH is 1. The molecule has 3 aromatic rings. The van der Waals surface area contributed by atoms with Gasteiger partial charge in [0.2, 0.25) is 0 Å². The van der Waals surface area contributed by atoms with Crippen LogP contribution >= 0.6 is 0 Å². The summed E-state index contributed by atoms with van der Waals surface area (Å²) in [4.78, 5) is 7.42. The summed E-state index contributed by atoms with van der Waals surface area (Å²) in [7, 11) is 1.71. The van der Waals surface area contributed by atoms with Crippen molar-refractivity contribution in [2.75, 3.05) is 31.7 Å². The molecule has 0 unspecified atom stereocenters. The molecule has 1 saturated heterocycles. The molecule has 0 radical (unpaired) electrons. The van der Waals surface area contributed by atoms with E-state index >= 15 is 0 Å². The Balaban J connectivity index is 1.87. The summed E-state index contributed by atoms with van der Waals surface area (Å²) < 4.78 is 7.69. The Kier molecular flexibility index (Phi) is 5.26. The van der Waals surface area contributed by atoms with E-state index in [0.29, 0.717) is 12.5 Å². The largest absolute Gasteiger partial charge is 0.497 e. The maximum absolute atomic E-state index is 9.49. The van der Waals surface area contributed by atoms with E-state index in [1.54, 1.807) is 7.11 Å². The Labute approximate surface area is 172 Å². The summed E-state index contributed by atoms with van der Waals surface area (Å²) in [6.07, 6.45) is 4.29. The maximum atomic E-state index is 9.49. The first-order valence-electron chi connectivity index (χ1n) is 10.4. The Morgan fingerprint density at radius 1 is 1.03 bits per heavy atom. The zero-order chi connectivity index (χ0) is 20.7. The van der Waals surface area contributed by atoms with Crippen LogP contribution in [0.4, 0.5) is 5.69 Å². The molecule has 5 nitrogen and oxygen atoms in total. The molecule has 1 aliphatic heterocycles. The number of anilines is 1. The van der Waals surface area contributed by atoms with E-state index < -0.39 is 0 Å². The molecule has 0 bridgehead atoms. The number of aromatic nitrogens is 2. The average molecular weight is 394 g/mol. The van der Waals surface area contributed by atoms with Gasteiger partial charge in [-0.25, -0.2) is 4.98 Å². The minimum atomic E-state index is 0.296. The molecular weight excluding hydrogens is 362 g/mol. The molecule has 4 rings (SSSR count). The second-order valence-electron chi connectivity index (χ2n) is 8.39. The SMILES string of the molecule is COc1cc(C)c(-n2cc(C)c3c(N4CCC(CO)CC4)cc(C)nc32)c(C)c1. The molecule has 2 aromatic heterocycles. The molecule has 154 valence electrons. The Hall–Kier alpha value is -2.53. The highest BCUT2D eigenvalue weighted by Gasteiger charge is 2.23. The number of hydrogen-bond acceptors (Lipinski definition) is 4. The van der Waals surface area contributed by atoms with Crippen molar-refractivity contribution in [1.29, 1.82) is 0 Å². The summed E-state index contributed by atoms with van der Waals surface area (Å²) in [6.45, 7) is 10.8. The lowest BCUT2D eigenvalue weighted by molar-refractivity contribution is 0.203. The fourth-order valence-electron chi connectivity index (χ4n) is 4.70. The van der Waals surface area contributed by atoms with E-state index in [1.807, 2.05) is 0 Å². The molecule has 1 fully saturated rings. The zero-order valence-electron chi connectivity index (χ0n) is 18.1. The van der Waals surface area contributed by atoms with Gasteiger partial charge in [-0.1, -0.05) is 0 Å². The lowest BCUT2D eigenvalue weighted by atomic mass is 9.97. The second kappa shape index (κ2) is 7.71. The molecule has 1 aromatic carbocycles. The lowest BCUT2D eigenvalue weighted by Gasteiger charge is -2.33. The van der Waals surface area contributed by atoms with Crippen molar-refractivity contribution >= 4 is 16.7 Å². The molecule has 0 spiro atoms. The minimum absolute atomic E-state index is 0.296. The number of hydrogen-bond donors (Lipinski definition) is 1. The molecule has 0 amide bonds. The van der Waals surface area contributed by atoms with Gasteiger partial charge in [0.1, 0.15) is 11.4 Å². The number of aryl methyl sites for hydroxylation is 4. The van der Waals surface area contributed by atoms with Gasteiger partial charge in [0, 0.05) is 42.7 Å². The van der Waals surface area contributed by atoms with Crippen LogP contribution < -0.4 is 9.64 Å². The third-order valence-corrected chi connectivity index (χ3v) is 6.21. The van der Waals surface area contributed by atoms with Crippen LogP contribution in [0.2, 0.25) is 0 Å². The lowest BCUT2D eigenvalue weighted by Crippen LogP contribution is -2.35. The van der Waals surface area contributed by atoms with Crippen LogP contribution in [0.15, 0.2) is 24.4 Å². The topological polar surface area (TPSA) is 50.5 Å². The molecule has 1 N–H and O–H groups in total. The quantitative estimate of drug-likeness (QED) is 0.710. The van der Waals surface area contributed by atoms with Crippen molar-refractivity contribution in [1.82, 2.24) is 9.55 Å². The molecular formula is C24H31N3O2. The number of nitrogens with zero attached hydrogens (tertiary/aromatic N) is 3. The number of pyridine rings is 1. The normalized spacial score (nSPS) is 15.3. The van der Waals surface area contributed by atoms with Gasteiger partial charge in [0.05, 0.1) is 12.8 Å². The van der Waals surface area contributed by atoms with Gasteiger partial charge in [-0.15, -0.1) is 0 Å². The number of aliphatic hydroxyl groups is 1. The van der Waals surface area contributed by atoms with Gasteiger partial charge in [-0.2, -0.15) is 0 Å². The number of benzene rings is 1. The number of rotatable bonds is 4. The smallest absolute Gasteiger partial charge is 0.147 e. The van der Waals surface area contributed by atoms with Crippen molar-refractivity contribution in [3.63, 3.8) is 0 Å². The minimum Gasteiger partial charge on any atom is -0.497 e. The molecule has 5 heteroatoms. The van der Waals surface area contributed by atoms with Gasteiger partial charge < -0.3 is 19.3 Å². The third-order valence-electron chi connectivity index (χ3n) is 6.21. The van der Waals surface area contributed by atoms with E-state index in [9.17, 15) is 5.11 Å². The molecule has 0 saturated carbocycles. The first-order chi connectivity index (χ1) is 13.9. The first kappa shape index (κ1) is 19.8. The van der Waals surface area contributed by atoms with Gasteiger partial charge >= 0.3 is 0 Å². The third kappa shape index (κ3) is 3.48.